The van der Waals surface area contributed by atoms with Crippen molar-refractivity contribution in [3.8, 4) is 0 Å². The van der Waals surface area contributed by atoms with Crippen LogP contribution in [-0.2, 0) is 0 Å². The number of carbonyl (C=O) groups excluding carboxylic acids is 1. The largest absolute Gasteiger partial charge is 0.387 e. The number of benzene rings is 1. The van der Waals surface area contributed by atoms with Gasteiger partial charge in [-0.25, -0.2) is 0 Å². The minimum absolute atomic E-state index is 0.157. The fraction of sp³-hybridized carbons (Fsp3) is 0.286. The lowest BCUT2D eigenvalue weighted by molar-refractivity contribution is 0.0962. The van der Waals surface area contributed by atoms with Crippen molar-refractivity contribution < 1.29 is 4.79 Å². The lowest BCUT2D eigenvalue weighted by atomic mass is 10.0. The average molecular weight is 380 g/mol. The lowest BCUT2D eigenvalue weighted by Crippen LogP contribution is -2.39. The molecule has 2 aliphatic heterocycles. The van der Waals surface area contributed by atoms with Crippen LogP contribution >= 0.6 is 0 Å². The van der Waals surface area contributed by atoms with Gasteiger partial charge in [-0.15, -0.1) is 0 Å². The second-order valence-corrected chi connectivity index (χ2v) is 6.94. The Morgan fingerprint density at radius 2 is 2.00 bits per heavy atom. The topological polar surface area (TPSA) is 80.5 Å². The number of anilines is 1. The Labute approximate surface area is 166 Å². The highest BCUT2D eigenvalue weighted by atomic mass is 16.1. The molecule has 0 saturated carbocycles. The monoisotopic (exact) mass is 380 g/mol. The van der Waals surface area contributed by atoms with E-state index in [4.69, 9.17) is 0 Å². The van der Waals surface area contributed by atoms with E-state index in [0.29, 0.717) is 11.4 Å². The number of hydrazine groups is 1. The number of rotatable bonds is 8. The van der Waals surface area contributed by atoms with Crippen molar-refractivity contribution in [3.63, 3.8) is 0 Å². The van der Waals surface area contributed by atoms with Gasteiger partial charge in [-0.2, -0.15) is 0 Å². The van der Waals surface area contributed by atoms with Crippen LogP contribution in [0.1, 0.15) is 16.8 Å². The Morgan fingerprint density at radius 3 is 2.71 bits per heavy atom. The van der Waals surface area contributed by atoms with Gasteiger partial charge in [-0.05, 0) is 75.3 Å². The van der Waals surface area contributed by atoms with E-state index >= 15 is 0 Å². The molecule has 28 heavy (non-hydrogen) atoms. The van der Waals surface area contributed by atoms with Gasteiger partial charge >= 0.3 is 0 Å². The smallest absolute Gasteiger partial charge is 0.256 e. The van der Waals surface area contributed by atoms with Crippen LogP contribution in [0.25, 0.3) is 0 Å². The number of nitrogens with zero attached hydrogens (tertiary/aromatic N) is 1. The summed E-state index contributed by atoms with van der Waals surface area (Å²) >= 11 is 0. The quantitative estimate of drug-likeness (QED) is 0.442. The van der Waals surface area contributed by atoms with Crippen molar-refractivity contribution in [2.75, 3.05) is 39.0 Å². The van der Waals surface area contributed by atoms with E-state index in [2.05, 4.69) is 51.9 Å². The third-order valence-corrected chi connectivity index (χ3v) is 4.39. The summed E-state index contributed by atoms with van der Waals surface area (Å²) in [5, 5.41) is 9.40. The molecule has 7 heteroatoms. The molecule has 0 aliphatic carbocycles. The summed E-state index contributed by atoms with van der Waals surface area (Å²) in [6.07, 6.45) is 10.9. The third kappa shape index (κ3) is 5.65. The first-order valence-electron chi connectivity index (χ1n) is 9.46. The molecule has 0 bridgehead atoms. The van der Waals surface area contributed by atoms with Crippen molar-refractivity contribution in [2.45, 2.75) is 6.42 Å². The number of nitrogens with one attached hydrogen (secondary N) is 5. The molecule has 0 radical (unpaired) electrons. The lowest BCUT2D eigenvalue weighted by Gasteiger charge is -2.20. The molecule has 2 aliphatic rings. The Morgan fingerprint density at radius 1 is 1.18 bits per heavy atom. The SMILES string of the molecule is CN(C)CCCNc1ccc(C(=O)NC2=CC(C3=CCNC=C3)=CNN2)cc1. The molecule has 2 heterocycles. The van der Waals surface area contributed by atoms with E-state index in [1.807, 2.05) is 48.8 Å². The molecule has 3 rings (SSSR count). The highest BCUT2D eigenvalue weighted by molar-refractivity contribution is 5.95. The molecule has 0 fully saturated rings. The number of dihydropyridines is 1. The maximum absolute atomic E-state index is 12.5. The minimum Gasteiger partial charge on any atom is -0.387 e. The maximum atomic E-state index is 12.5. The van der Waals surface area contributed by atoms with Gasteiger partial charge in [-0.3, -0.25) is 10.2 Å². The first-order chi connectivity index (χ1) is 13.6. The summed E-state index contributed by atoms with van der Waals surface area (Å²) in [4.78, 5) is 14.7. The molecule has 0 aromatic heterocycles. The van der Waals surface area contributed by atoms with Crippen LogP contribution < -0.4 is 26.8 Å². The van der Waals surface area contributed by atoms with Crippen LogP contribution in [0.15, 0.2) is 71.9 Å². The van der Waals surface area contributed by atoms with Gasteiger partial charge in [0.2, 0.25) is 0 Å². The van der Waals surface area contributed by atoms with Gasteiger partial charge in [-0.1, -0.05) is 6.08 Å². The Kier molecular flexibility index (Phi) is 6.75. The zero-order chi connectivity index (χ0) is 19.8. The molecular formula is C21H28N6O. The molecule has 0 atom stereocenters. The van der Waals surface area contributed by atoms with Crippen molar-refractivity contribution in [2.24, 2.45) is 0 Å². The van der Waals surface area contributed by atoms with E-state index in [0.717, 1.165) is 42.9 Å². The van der Waals surface area contributed by atoms with E-state index in [-0.39, 0.29) is 5.91 Å². The van der Waals surface area contributed by atoms with E-state index in [9.17, 15) is 4.79 Å². The fourth-order valence-electron chi connectivity index (χ4n) is 2.89. The maximum Gasteiger partial charge on any atom is 0.256 e. The summed E-state index contributed by atoms with van der Waals surface area (Å²) in [5.74, 6) is 0.456. The number of carbonyl (C=O) groups is 1. The summed E-state index contributed by atoms with van der Waals surface area (Å²) < 4.78 is 0. The molecule has 0 spiro atoms. The standard InChI is InChI=1S/C21H28N6O/c1-27(2)13-3-10-23-19-6-4-17(5-7-19)21(28)25-20-14-18(15-24-26-20)16-8-11-22-12-9-16/h4-9,11,14-15,22-24,26H,3,10,12-13H2,1-2H3,(H,25,28). The second-order valence-electron chi connectivity index (χ2n) is 6.94. The Balaban J connectivity index is 1.54. The van der Waals surface area contributed by atoms with Crippen molar-refractivity contribution in [1.82, 2.24) is 26.4 Å². The molecule has 5 N–H and O–H groups in total. The number of allylic oxidation sites excluding steroid dienone is 4. The highest BCUT2D eigenvalue weighted by Crippen LogP contribution is 2.17. The first-order valence-corrected chi connectivity index (χ1v) is 9.46. The molecular weight excluding hydrogens is 352 g/mol. The van der Waals surface area contributed by atoms with Gasteiger partial charge < -0.3 is 26.3 Å². The molecule has 0 unspecified atom stereocenters. The average Bonchev–Trinajstić information content (AvgIpc) is 2.72. The van der Waals surface area contributed by atoms with Crippen molar-refractivity contribution in [1.29, 1.82) is 0 Å². The summed E-state index contributed by atoms with van der Waals surface area (Å²) in [7, 11) is 4.14. The van der Waals surface area contributed by atoms with Crippen molar-refractivity contribution in [3.05, 3.63) is 77.4 Å². The fourth-order valence-corrected chi connectivity index (χ4v) is 2.89. The van der Waals surface area contributed by atoms with Crippen LogP contribution in [0.3, 0.4) is 0 Å². The highest BCUT2D eigenvalue weighted by Gasteiger charge is 2.12. The van der Waals surface area contributed by atoms with Crippen LogP contribution in [-0.4, -0.2) is 44.5 Å². The van der Waals surface area contributed by atoms with Gasteiger partial charge in [0.25, 0.3) is 5.91 Å². The molecule has 1 amide bonds. The second kappa shape index (κ2) is 9.66. The third-order valence-electron chi connectivity index (χ3n) is 4.39. The number of hydrogen-bond acceptors (Lipinski definition) is 6. The molecule has 0 saturated heterocycles. The van der Waals surface area contributed by atoms with E-state index in [1.165, 1.54) is 0 Å². The van der Waals surface area contributed by atoms with Gasteiger partial charge in [0.1, 0.15) is 5.82 Å². The predicted molar refractivity (Wildman–Crippen MR) is 113 cm³/mol. The first kappa shape index (κ1) is 19.6. The molecule has 148 valence electrons. The van der Waals surface area contributed by atoms with E-state index in [1.54, 1.807) is 0 Å². The van der Waals surface area contributed by atoms with Crippen LogP contribution in [0.5, 0.6) is 0 Å². The van der Waals surface area contributed by atoms with Crippen LogP contribution in [0.4, 0.5) is 5.69 Å². The Hall–Kier alpha value is -3.19. The Bertz CT molecular complexity index is 805. The molecule has 1 aromatic carbocycles. The summed E-state index contributed by atoms with van der Waals surface area (Å²) in [6.45, 7) is 2.74. The molecule has 7 nitrogen and oxygen atoms in total. The van der Waals surface area contributed by atoms with Crippen LogP contribution in [0.2, 0.25) is 0 Å². The van der Waals surface area contributed by atoms with Gasteiger partial charge in [0.15, 0.2) is 0 Å². The zero-order valence-electron chi connectivity index (χ0n) is 16.4. The van der Waals surface area contributed by atoms with Crippen LogP contribution in [0, 0.1) is 0 Å². The number of hydrogen-bond donors (Lipinski definition) is 5. The zero-order valence-corrected chi connectivity index (χ0v) is 16.4. The van der Waals surface area contributed by atoms with Gasteiger partial charge in [0.05, 0.1) is 0 Å². The minimum atomic E-state index is -0.157. The molecule has 1 aromatic rings. The predicted octanol–water partition coefficient (Wildman–Crippen LogP) is 1.66. The van der Waals surface area contributed by atoms with E-state index < -0.39 is 0 Å². The van der Waals surface area contributed by atoms with Crippen molar-refractivity contribution >= 4 is 11.6 Å². The number of amides is 1. The normalized spacial score (nSPS) is 15.5. The summed E-state index contributed by atoms with van der Waals surface area (Å²) in [6, 6.07) is 7.52. The van der Waals surface area contributed by atoms with Gasteiger partial charge in [0, 0.05) is 36.1 Å². The summed E-state index contributed by atoms with van der Waals surface area (Å²) in [5.41, 5.74) is 9.67.